The van der Waals surface area contributed by atoms with Crippen molar-refractivity contribution in [2.24, 2.45) is 16.5 Å². The summed E-state index contributed by atoms with van der Waals surface area (Å²) in [4.78, 5) is 3.53. The summed E-state index contributed by atoms with van der Waals surface area (Å²) >= 11 is 2.93. The normalized spacial score (nSPS) is 9.27. The van der Waals surface area contributed by atoms with Crippen molar-refractivity contribution in [1.82, 2.24) is 0 Å². The number of nitrogens with two attached hydrogens (primary N) is 2. The highest BCUT2D eigenvalue weighted by molar-refractivity contribution is 9.10. The Balaban J connectivity index is 0.00000196. The lowest BCUT2D eigenvalue weighted by atomic mass is 10.2. The molecule has 0 fully saturated rings. The molecule has 0 bridgehead atoms. The Kier molecular flexibility index (Phi) is 5.53. The van der Waals surface area contributed by atoms with E-state index < -0.39 is 11.6 Å². The lowest BCUT2D eigenvalue weighted by Crippen LogP contribution is -2.22. The Morgan fingerprint density at radius 2 is 1.93 bits per heavy atom. The molecule has 0 unspecified atom stereocenters. The monoisotopic (exact) mass is 299 g/mol. The van der Waals surface area contributed by atoms with Crippen LogP contribution in [-0.2, 0) is 6.54 Å². The molecule has 1 aromatic rings. The van der Waals surface area contributed by atoms with Crippen LogP contribution in [0.15, 0.2) is 21.6 Å². The molecule has 84 valence electrons. The number of benzene rings is 1. The fraction of sp³-hybridized carbons (Fsp3) is 0.125. The van der Waals surface area contributed by atoms with Crippen LogP contribution in [0, 0.1) is 11.6 Å². The van der Waals surface area contributed by atoms with Gasteiger partial charge in [0.15, 0.2) is 5.96 Å². The number of guanidine groups is 1. The summed E-state index contributed by atoms with van der Waals surface area (Å²) in [5.41, 5.74) is 9.94. The van der Waals surface area contributed by atoms with E-state index in [-0.39, 0.29) is 34.9 Å². The van der Waals surface area contributed by atoms with Crippen LogP contribution < -0.4 is 11.5 Å². The van der Waals surface area contributed by atoms with Crippen molar-refractivity contribution >= 4 is 34.3 Å². The molecule has 0 amide bonds. The van der Waals surface area contributed by atoms with Gasteiger partial charge in [-0.2, -0.15) is 0 Å². The molecule has 0 saturated heterocycles. The smallest absolute Gasteiger partial charge is 0.186 e. The number of hydrogen-bond donors (Lipinski definition) is 2. The zero-order chi connectivity index (χ0) is 10.7. The highest BCUT2D eigenvalue weighted by Crippen LogP contribution is 2.21. The van der Waals surface area contributed by atoms with Gasteiger partial charge >= 0.3 is 0 Å². The molecular weight excluding hydrogens is 291 g/mol. The molecule has 0 aliphatic carbocycles. The van der Waals surface area contributed by atoms with E-state index in [4.69, 9.17) is 11.5 Å². The van der Waals surface area contributed by atoms with Crippen LogP contribution in [0.2, 0.25) is 0 Å². The molecule has 0 atom stereocenters. The number of aliphatic imine (C=N–C) groups is 1. The SMILES string of the molecule is Cl.NC(N)=NCc1c(F)ccc(Br)c1F. The standard InChI is InChI=1S/C8H8BrF2N3.ClH/c9-5-1-2-6(10)4(7(5)11)3-14-8(12)13;/h1-2H,3H2,(H4,12,13,14);1H. The van der Waals surface area contributed by atoms with Gasteiger partial charge in [-0.1, -0.05) is 0 Å². The lowest BCUT2D eigenvalue weighted by molar-refractivity contribution is 0.553. The van der Waals surface area contributed by atoms with Gasteiger partial charge in [-0.25, -0.2) is 13.8 Å². The van der Waals surface area contributed by atoms with Gasteiger partial charge in [0.05, 0.1) is 11.0 Å². The number of hydrogen-bond acceptors (Lipinski definition) is 1. The summed E-state index contributed by atoms with van der Waals surface area (Å²) < 4.78 is 26.5. The Labute approximate surface area is 100 Å². The average Bonchev–Trinajstić information content (AvgIpc) is 2.11. The van der Waals surface area contributed by atoms with E-state index in [2.05, 4.69) is 20.9 Å². The Morgan fingerprint density at radius 1 is 1.33 bits per heavy atom. The molecule has 3 nitrogen and oxygen atoms in total. The zero-order valence-corrected chi connectivity index (χ0v) is 9.91. The van der Waals surface area contributed by atoms with Crippen molar-refractivity contribution < 1.29 is 8.78 Å². The zero-order valence-electron chi connectivity index (χ0n) is 7.51. The van der Waals surface area contributed by atoms with Gasteiger partial charge in [0, 0.05) is 5.56 Å². The van der Waals surface area contributed by atoms with Gasteiger partial charge in [-0.05, 0) is 28.1 Å². The molecule has 0 spiro atoms. The van der Waals surface area contributed by atoms with E-state index in [0.717, 1.165) is 6.07 Å². The molecule has 4 N–H and O–H groups in total. The molecule has 0 aromatic heterocycles. The predicted molar refractivity (Wildman–Crippen MR) is 60.8 cm³/mol. The van der Waals surface area contributed by atoms with E-state index in [1.165, 1.54) is 6.07 Å². The van der Waals surface area contributed by atoms with Crippen LogP contribution in [0.3, 0.4) is 0 Å². The first-order valence-corrected chi connectivity index (χ1v) is 4.49. The summed E-state index contributed by atoms with van der Waals surface area (Å²) in [6.45, 7) is -0.209. The van der Waals surface area contributed by atoms with Crippen LogP contribution in [0.1, 0.15) is 5.56 Å². The van der Waals surface area contributed by atoms with Gasteiger partial charge in [0.2, 0.25) is 0 Å². The van der Waals surface area contributed by atoms with Gasteiger partial charge in [-0.3, -0.25) is 0 Å². The van der Waals surface area contributed by atoms with Crippen LogP contribution in [0.5, 0.6) is 0 Å². The first-order valence-electron chi connectivity index (χ1n) is 3.70. The second-order valence-corrected chi connectivity index (χ2v) is 3.42. The van der Waals surface area contributed by atoms with Crippen molar-refractivity contribution in [3.63, 3.8) is 0 Å². The molecule has 0 heterocycles. The minimum absolute atomic E-state index is 0. The number of rotatable bonds is 2. The summed E-state index contributed by atoms with van der Waals surface area (Å²) in [6, 6.07) is 2.43. The Morgan fingerprint density at radius 3 is 2.47 bits per heavy atom. The van der Waals surface area contributed by atoms with E-state index in [9.17, 15) is 8.78 Å². The largest absolute Gasteiger partial charge is 0.370 e. The van der Waals surface area contributed by atoms with Crippen LogP contribution in [0.4, 0.5) is 8.78 Å². The van der Waals surface area contributed by atoms with Gasteiger partial charge in [-0.15, -0.1) is 12.4 Å². The molecule has 0 aliphatic heterocycles. The van der Waals surface area contributed by atoms with Crippen molar-refractivity contribution in [2.75, 3.05) is 0 Å². The lowest BCUT2D eigenvalue weighted by Gasteiger charge is -2.03. The summed E-state index contributed by atoms with van der Waals surface area (Å²) in [6.07, 6.45) is 0. The number of halogens is 4. The van der Waals surface area contributed by atoms with Crippen LogP contribution >= 0.6 is 28.3 Å². The van der Waals surface area contributed by atoms with Crippen LogP contribution in [-0.4, -0.2) is 5.96 Å². The second kappa shape index (κ2) is 5.87. The van der Waals surface area contributed by atoms with Gasteiger partial charge < -0.3 is 11.5 Å². The fourth-order valence-electron chi connectivity index (χ4n) is 0.884. The first kappa shape index (κ1) is 14.1. The quantitative estimate of drug-likeness (QED) is 0.498. The fourth-order valence-corrected chi connectivity index (χ4v) is 1.26. The molecule has 1 rings (SSSR count). The molecule has 0 aliphatic rings. The third-order valence-corrected chi connectivity index (χ3v) is 2.17. The van der Waals surface area contributed by atoms with Gasteiger partial charge in [0.25, 0.3) is 0 Å². The second-order valence-electron chi connectivity index (χ2n) is 2.56. The van der Waals surface area contributed by atoms with Crippen LogP contribution in [0.25, 0.3) is 0 Å². The Hall–Kier alpha value is -0.880. The van der Waals surface area contributed by atoms with Crippen molar-refractivity contribution in [1.29, 1.82) is 0 Å². The maximum absolute atomic E-state index is 13.3. The first-order chi connectivity index (χ1) is 6.52. The Bertz CT molecular complexity index is 380. The predicted octanol–water partition coefficient (Wildman–Crippen LogP) is 1.92. The third-order valence-electron chi connectivity index (χ3n) is 1.56. The summed E-state index contributed by atoms with van der Waals surface area (Å²) in [5, 5.41) is 0. The average molecular weight is 301 g/mol. The maximum atomic E-state index is 13.3. The maximum Gasteiger partial charge on any atom is 0.186 e. The highest BCUT2D eigenvalue weighted by atomic mass is 79.9. The molecular formula is C8H9BrClF2N3. The van der Waals surface area contributed by atoms with E-state index in [1.807, 2.05) is 0 Å². The number of nitrogens with zero attached hydrogens (tertiary/aromatic N) is 1. The van der Waals surface area contributed by atoms with Gasteiger partial charge in [0.1, 0.15) is 11.6 Å². The molecule has 0 saturated carbocycles. The summed E-state index contributed by atoms with van der Waals surface area (Å²) in [7, 11) is 0. The van der Waals surface area contributed by atoms with E-state index >= 15 is 0 Å². The van der Waals surface area contributed by atoms with Crippen molar-refractivity contribution in [2.45, 2.75) is 6.54 Å². The minimum atomic E-state index is -0.685. The molecule has 15 heavy (non-hydrogen) atoms. The minimum Gasteiger partial charge on any atom is -0.370 e. The van der Waals surface area contributed by atoms with Crippen molar-refractivity contribution in [3.8, 4) is 0 Å². The van der Waals surface area contributed by atoms with E-state index in [0.29, 0.717) is 0 Å². The topological polar surface area (TPSA) is 64.4 Å². The molecule has 0 radical (unpaired) electrons. The summed E-state index contributed by atoms with van der Waals surface area (Å²) in [5.74, 6) is -1.56. The van der Waals surface area contributed by atoms with Crippen molar-refractivity contribution in [3.05, 3.63) is 33.8 Å². The molecule has 7 heteroatoms. The van der Waals surface area contributed by atoms with E-state index in [1.54, 1.807) is 0 Å². The molecule has 1 aromatic carbocycles. The third kappa shape index (κ3) is 3.64. The highest BCUT2D eigenvalue weighted by Gasteiger charge is 2.11.